The first-order valence-electron chi connectivity index (χ1n) is 9.74. The molecular formula is C22H23F2NO6S. The third-order valence-corrected chi connectivity index (χ3v) is 4.99. The van der Waals surface area contributed by atoms with E-state index < -0.39 is 28.9 Å². The summed E-state index contributed by atoms with van der Waals surface area (Å²) in [5.74, 6) is -2.74. The summed E-state index contributed by atoms with van der Waals surface area (Å²) < 4.78 is 37.8. The number of esters is 1. The predicted molar refractivity (Wildman–Crippen MR) is 116 cm³/mol. The molecular weight excluding hydrogens is 444 g/mol. The van der Waals surface area contributed by atoms with Crippen LogP contribution in [0.25, 0.3) is 11.1 Å². The van der Waals surface area contributed by atoms with Crippen LogP contribution in [0, 0.1) is 11.6 Å². The lowest BCUT2D eigenvalue weighted by molar-refractivity contribution is -0.119. The Balaban J connectivity index is 2.25. The van der Waals surface area contributed by atoms with E-state index >= 15 is 0 Å². The quantitative estimate of drug-likeness (QED) is 0.539. The number of amides is 1. The molecule has 1 atom stereocenters. The normalized spacial score (nSPS) is 11.5. The molecule has 0 saturated heterocycles. The molecule has 0 bridgehead atoms. The van der Waals surface area contributed by atoms with Crippen LogP contribution >= 0.6 is 11.8 Å². The van der Waals surface area contributed by atoms with Crippen LogP contribution in [0.1, 0.15) is 30.6 Å². The van der Waals surface area contributed by atoms with E-state index in [0.29, 0.717) is 18.2 Å². The standard InChI is InChI=1S/C22H23F2NO6S/c1-3-8-30-21(28)18-9-14(17-6-5-15(23)10-19(17)24)4-7-20(18)31-22(29)32-12-16(11-26)25-13(2)27/h4-7,9-10,16,26H,3,8,11-12H2,1-2H3,(H,25,27). The third-order valence-electron chi connectivity index (χ3n) is 4.10. The van der Waals surface area contributed by atoms with Gasteiger partial charge in [0.2, 0.25) is 5.91 Å². The van der Waals surface area contributed by atoms with Crippen molar-refractivity contribution in [2.24, 2.45) is 0 Å². The Morgan fingerprint density at radius 2 is 1.91 bits per heavy atom. The topological polar surface area (TPSA) is 102 Å². The molecule has 1 amide bonds. The Morgan fingerprint density at radius 1 is 1.16 bits per heavy atom. The molecule has 0 saturated carbocycles. The van der Waals surface area contributed by atoms with Gasteiger partial charge in [0.25, 0.3) is 0 Å². The summed E-state index contributed by atoms with van der Waals surface area (Å²) in [4.78, 5) is 35.9. The van der Waals surface area contributed by atoms with Crippen LogP contribution in [0.5, 0.6) is 5.75 Å². The molecule has 0 aliphatic heterocycles. The van der Waals surface area contributed by atoms with Crippen molar-refractivity contribution >= 4 is 28.9 Å². The Hall–Kier alpha value is -2.98. The zero-order chi connectivity index (χ0) is 23.7. The number of aliphatic hydroxyl groups is 1. The van der Waals surface area contributed by atoms with Gasteiger partial charge in [-0.15, -0.1) is 0 Å². The van der Waals surface area contributed by atoms with E-state index in [0.717, 1.165) is 12.1 Å². The maximum absolute atomic E-state index is 14.2. The highest BCUT2D eigenvalue weighted by Crippen LogP contribution is 2.30. The van der Waals surface area contributed by atoms with E-state index in [1.165, 1.54) is 31.2 Å². The Labute approximate surface area is 188 Å². The number of halogens is 2. The molecule has 172 valence electrons. The van der Waals surface area contributed by atoms with Crippen LogP contribution in [0.2, 0.25) is 0 Å². The van der Waals surface area contributed by atoms with Gasteiger partial charge in [0.15, 0.2) is 0 Å². The Bertz CT molecular complexity index is 985. The summed E-state index contributed by atoms with van der Waals surface area (Å²) in [6, 6.07) is 6.44. The second kappa shape index (κ2) is 12.2. The van der Waals surface area contributed by atoms with E-state index in [2.05, 4.69) is 5.32 Å². The van der Waals surface area contributed by atoms with Crippen molar-refractivity contribution in [1.29, 1.82) is 0 Å². The second-order valence-electron chi connectivity index (χ2n) is 6.71. The van der Waals surface area contributed by atoms with E-state index in [1.807, 2.05) is 6.92 Å². The van der Waals surface area contributed by atoms with Gasteiger partial charge in [0.05, 0.1) is 19.3 Å². The molecule has 0 spiro atoms. The molecule has 0 aromatic heterocycles. The Kier molecular flexibility index (Phi) is 9.61. The molecule has 0 aliphatic carbocycles. The van der Waals surface area contributed by atoms with Crippen LogP contribution < -0.4 is 10.1 Å². The highest BCUT2D eigenvalue weighted by molar-refractivity contribution is 8.13. The van der Waals surface area contributed by atoms with Crippen LogP contribution in [0.15, 0.2) is 36.4 Å². The zero-order valence-electron chi connectivity index (χ0n) is 17.5. The number of thioether (sulfide) groups is 1. The average molecular weight is 467 g/mol. The van der Waals surface area contributed by atoms with Crippen molar-refractivity contribution in [3.63, 3.8) is 0 Å². The maximum atomic E-state index is 14.2. The van der Waals surface area contributed by atoms with E-state index in [4.69, 9.17) is 9.47 Å². The van der Waals surface area contributed by atoms with Gasteiger partial charge in [-0.25, -0.2) is 18.4 Å². The molecule has 2 aromatic rings. The SMILES string of the molecule is CCCOC(=O)c1cc(-c2ccc(F)cc2F)ccc1OC(=O)SCC(CO)NC(C)=O. The lowest BCUT2D eigenvalue weighted by Gasteiger charge is -2.15. The number of carbonyl (C=O) groups is 3. The van der Waals surface area contributed by atoms with Crippen LogP contribution in [0.3, 0.4) is 0 Å². The van der Waals surface area contributed by atoms with Crippen LogP contribution in [0.4, 0.5) is 13.6 Å². The van der Waals surface area contributed by atoms with Gasteiger partial charge in [-0.2, -0.15) is 0 Å². The number of benzene rings is 2. The van der Waals surface area contributed by atoms with Gasteiger partial charge in [-0.1, -0.05) is 13.0 Å². The van der Waals surface area contributed by atoms with Gasteiger partial charge < -0.3 is 19.9 Å². The minimum Gasteiger partial charge on any atom is -0.462 e. The number of carbonyl (C=O) groups excluding carboxylic acids is 3. The van der Waals surface area contributed by atoms with Gasteiger partial charge in [-0.05, 0) is 48.0 Å². The van der Waals surface area contributed by atoms with Crippen LogP contribution in [-0.4, -0.2) is 47.3 Å². The summed E-state index contributed by atoms with van der Waals surface area (Å²) in [6.45, 7) is 2.85. The zero-order valence-corrected chi connectivity index (χ0v) is 18.3. The summed E-state index contributed by atoms with van der Waals surface area (Å²) in [6.07, 6.45) is 0.564. The minimum absolute atomic E-state index is 0.0450. The molecule has 0 aliphatic rings. The molecule has 0 heterocycles. The van der Waals surface area contributed by atoms with E-state index in [9.17, 15) is 28.3 Å². The number of rotatable bonds is 9. The van der Waals surface area contributed by atoms with Crippen molar-refractivity contribution in [2.75, 3.05) is 19.0 Å². The van der Waals surface area contributed by atoms with Crippen molar-refractivity contribution in [3.8, 4) is 16.9 Å². The fourth-order valence-corrected chi connectivity index (χ4v) is 3.33. The van der Waals surface area contributed by atoms with Crippen LogP contribution in [-0.2, 0) is 9.53 Å². The first kappa shape index (κ1) is 25.3. The molecule has 2 N–H and O–H groups in total. The number of aliphatic hydroxyl groups excluding tert-OH is 1. The highest BCUT2D eigenvalue weighted by Gasteiger charge is 2.20. The minimum atomic E-state index is -0.814. The monoisotopic (exact) mass is 467 g/mol. The van der Waals surface area contributed by atoms with Crippen molar-refractivity contribution < 1.29 is 37.7 Å². The predicted octanol–water partition coefficient (Wildman–Crippen LogP) is 3.93. The molecule has 7 nitrogen and oxygen atoms in total. The summed E-state index contributed by atoms with van der Waals surface area (Å²) in [5, 5.41) is 11.0. The molecule has 2 aromatic carbocycles. The van der Waals surface area contributed by atoms with Gasteiger partial charge in [0.1, 0.15) is 22.9 Å². The maximum Gasteiger partial charge on any atom is 0.372 e. The second-order valence-corrected chi connectivity index (χ2v) is 7.67. The number of hydrogen-bond acceptors (Lipinski definition) is 7. The summed E-state index contributed by atoms with van der Waals surface area (Å²) in [7, 11) is 0. The number of nitrogens with one attached hydrogen (secondary N) is 1. The smallest absolute Gasteiger partial charge is 0.372 e. The Morgan fingerprint density at radius 3 is 2.53 bits per heavy atom. The van der Waals surface area contributed by atoms with Gasteiger partial charge in [-0.3, -0.25) is 4.79 Å². The highest BCUT2D eigenvalue weighted by atomic mass is 32.2. The van der Waals surface area contributed by atoms with Crippen molar-refractivity contribution in [1.82, 2.24) is 5.32 Å². The van der Waals surface area contributed by atoms with Gasteiger partial charge >= 0.3 is 11.3 Å². The first-order valence-corrected chi connectivity index (χ1v) is 10.7. The fraction of sp³-hybridized carbons (Fsp3) is 0.318. The molecule has 0 fully saturated rings. The van der Waals surface area contributed by atoms with E-state index in [-0.39, 0.29) is 47.3 Å². The fourth-order valence-electron chi connectivity index (χ4n) is 2.66. The molecule has 10 heteroatoms. The summed E-state index contributed by atoms with van der Waals surface area (Å²) in [5.41, 5.74) is 0.225. The van der Waals surface area contributed by atoms with Gasteiger partial charge in [0, 0.05) is 24.3 Å². The number of hydrogen-bond donors (Lipinski definition) is 2. The van der Waals surface area contributed by atoms with Crippen molar-refractivity contribution in [2.45, 2.75) is 26.3 Å². The first-order chi connectivity index (χ1) is 15.2. The lowest BCUT2D eigenvalue weighted by atomic mass is 10.0. The largest absolute Gasteiger partial charge is 0.462 e. The lowest BCUT2D eigenvalue weighted by Crippen LogP contribution is -2.38. The molecule has 0 radical (unpaired) electrons. The van der Waals surface area contributed by atoms with E-state index in [1.54, 1.807) is 0 Å². The average Bonchev–Trinajstić information content (AvgIpc) is 2.75. The summed E-state index contributed by atoms with van der Waals surface area (Å²) >= 11 is 0.699. The molecule has 32 heavy (non-hydrogen) atoms. The third kappa shape index (κ3) is 7.31. The number of ether oxygens (including phenoxy) is 2. The van der Waals surface area contributed by atoms with Crippen molar-refractivity contribution in [3.05, 3.63) is 53.6 Å². The molecule has 2 rings (SSSR count). The molecule has 1 unspecified atom stereocenters.